The Balaban J connectivity index is 1.69. The van der Waals surface area contributed by atoms with Crippen molar-refractivity contribution >= 4 is 5.91 Å². The summed E-state index contributed by atoms with van der Waals surface area (Å²) in [4.78, 5) is 12.9. The van der Waals surface area contributed by atoms with Gasteiger partial charge in [-0.1, -0.05) is 38.1 Å². The maximum Gasteiger partial charge on any atom is 0.230 e. The third-order valence-corrected chi connectivity index (χ3v) is 5.44. The number of rotatable bonds is 4. The molecule has 2 N–H and O–H groups in total. The zero-order chi connectivity index (χ0) is 16.4. The Morgan fingerprint density at radius 2 is 1.96 bits per heavy atom. The van der Waals surface area contributed by atoms with Gasteiger partial charge in [-0.2, -0.15) is 0 Å². The lowest BCUT2D eigenvalue weighted by atomic mass is 9.77. The lowest BCUT2D eigenvalue weighted by Gasteiger charge is -2.38. The largest absolute Gasteiger partial charge is 0.380 e. The molecule has 2 aliphatic rings. The SMILES string of the molecule is CC(C)c1ccc(C(C)NC(=O)[C@]23CCN[C@H]2CCOC3)cc1. The minimum atomic E-state index is -0.385. The van der Waals surface area contributed by atoms with Crippen molar-refractivity contribution in [3.05, 3.63) is 35.4 Å². The number of hydrogen-bond donors (Lipinski definition) is 2. The first-order valence-corrected chi connectivity index (χ1v) is 8.75. The van der Waals surface area contributed by atoms with Gasteiger partial charge >= 0.3 is 0 Å². The third kappa shape index (κ3) is 3.15. The second-order valence-electron chi connectivity index (χ2n) is 7.27. The molecule has 0 radical (unpaired) electrons. The highest BCUT2D eigenvalue weighted by atomic mass is 16.5. The van der Waals surface area contributed by atoms with Gasteiger partial charge in [0.1, 0.15) is 0 Å². The topological polar surface area (TPSA) is 50.4 Å². The first kappa shape index (κ1) is 16.5. The summed E-state index contributed by atoms with van der Waals surface area (Å²) in [6, 6.07) is 8.84. The second-order valence-corrected chi connectivity index (χ2v) is 7.27. The van der Waals surface area contributed by atoms with Gasteiger partial charge in [0.05, 0.1) is 18.1 Å². The molecule has 2 saturated heterocycles. The van der Waals surface area contributed by atoms with Crippen LogP contribution in [0.15, 0.2) is 24.3 Å². The fraction of sp³-hybridized carbons (Fsp3) is 0.632. The van der Waals surface area contributed by atoms with Crippen LogP contribution in [-0.4, -0.2) is 31.7 Å². The minimum Gasteiger partial charge on any atom is -0.380 e. The number of hydrogen-bond acceptors (Lipinski definition) is 3. The summed E-state index contributed by atoms with van der Waals surface area (Å²) in [6.07, 6.45) is 1.79. The van der Waals surface area contributed by atoms with Gasteiger partial charge in [-0.05, 0) is 43.4 Å². The van der Waals surface area contributed by atoms with Crippen molar-refractivity contribution in [2.75, 3.05) is 19.8 Å². The Morgan fingerprint density at radius 1 is 1.26 bits per heavy atom. The van der Waals surface area contributed by atoms with Crippen LogP contribution >= 0.6 is 0 Å². The van der Waals surface area contributed by atoms with Gasteiger partial charge in [0, 0.05) is 12.6 Å². The molecule has 23 heavy (non-hydrogen) atoms. The minimum absolute atomic E-state index is 0.0151. The van der Waals surface area contributed by atoms with Crippen LogP contribution in [0.5, 0.6) is 0 Å². The molecule has 0 bridgehead atoms. The number of carbonyl (C=O) groups excluding carboxylic acids is 1. The van der Waals surface area contributed by atoms with Crippen LogP contribution in [0.3, 0.4) is 0 Å². The molecule has 1 aromatic rings. The Bertz CT molecular complexity index is 555. The van der Waals surface area contributed by atoms with Gasteiger partial charge in [0.2, 0.25) is 5.91 Å². The van der Waals surface area contributed by atoms with Crippen LogP contribution in [0.4, 0.5) is 0 Å². The highest BCUT2D eigenvalue weighted by molar-refractivity contribution is 5.84. The van der Waals surface area contributed by atoms with Gasteiger partial charge in [0.25, 0.3) is 0 Å². The van der Waals surface area contributed by atoms with Crippen LogP contribution < -0.4 is 10.6 Å². The molecular formula is C19H28N2O2. The van der Waals surface area contributed by atoms with Crippen LogP contribution in [0.2, 0.25) is 0 Å². The lowest BCUT2D eigenvalue weighted by Crippen LogP contribution is -2.54. The van der Waals surface area contributed by atoms with E-state index in [1.165, 1.54) is 5.56 Å². The van der Waals surface area contributed by atoms with Gasteiger partial charge < -0.3 is 15.4 Å². The molecule has 3 atom stereocenters. The number of amides is 1. The third-order valence-electron chi connectivity index (χ3n) is 5.44. The molecule has 0 aromatic heterocycles. The molecule has 3 rings (SSSR count). The van der Waals surface area contributed by atoms with E-state index in [1.54, 1.807) is 0 Å². The summed E-state index contributed by atoms with van der Waals surface area (Å²) < 4.78 is 5.64. The Morgan fingerprint density at radius 3 is 2.65 bits per heavy atom. The number of carbonyl (C=O) groups is 1. The standard InChI is InChI=1S/C19H28N2O2/c1-13(2)15-4-6-16(7-5-15)14(3)21-18(22)19-9-10-20-17(19)8-11-23-12-19/h4-7,13-14,17,20H,8-12H2,1-3H3,(H,21,22)/t14?,17-,19-/m0/s1. The van der Waals surface area contributed by atoms with Gasteiger partial charge in [-0.15, -0.1) is 0 Å². The summed E-state index contributed by atoms with van der Waals surface area (Å²) in [5.74, 6) is 0.658. The molecule has 1 amide bonds. The van der Waals surface area contributed by atoms with E-state index in [4.69, 9.17) is 4.74 Å². The fourth-order valence-corrected chi connectivity index (χ4v) is 3.78. The molecule has 2 fully saturated rings. The normalized spacial score (nSPS) is 28.4. The van der Waals surface area contributed by atoms with E-state index < -0.39 is 0 Å². The maximum absolute atomic E-state index is 12.9. The number of fused-ring (bicyclic) bond motifs is 1. The van der Waals surface area contributed by atoms with Crippen molar-refractivity contribution in [3.8, 4) is 0 Å². The van der Waals surface area contributed by atoms with E-state index in [-0.39, 0.29) is 23.4 Å². The lowest BCUT2D eigenvalue weighted by molar-refractivity contribution is -0.140. The predicted molar refractivity (Wildman–Crippen MR) is 91.4 cm³/mol. The van der Waals surface area contributed by atoms with Crippen LogP contribution in [0.1, 0.15) is 56.7 Å². The number of ether oxygens (including phenoxy) is 1. The van der Waals surface area contributed by atoms with Crippen molar-refractivity contribution in [1.29, 1.82) is 0 Å². The Hall–Kier alpha value is -1.39. The number of benzene rings is 1. The van der Waals surface area contributed by atoms with E-state index in [0.29, 0.717) is 12.5 Å². The number of nitrogens with one attached hydrogen (secondary N) is 2. The Kier molecular flexibility index (Phi) is 4.74. The first-order chi connectivity index (χ1) is 11.0. The quantitative estimate of drug-likeness (QED) is 0.898. The molecular weight excluding hydrogens is 288 g/mol. The predicted octanol–water partition coefficient (Wildman–Crippen LogP) is 2.76. The highest BCUT2D eigenvalue weighted by Gasteiger charge is 2.51. The highest BCUT2D eigenvalue weighted by Crippen LogP contribution is 2.37. The molecule has 4 heteroatoms. The van der Waals surface area contributed by atoms with E-state index >= 15 is 0 Å². The van der Waals surface area contributed by atoms with Crippen molar-refractivity contribution in [2.45, 2.75) is 51.6 Å². The van der Waals surface area contributed by atoms with Crippen molar-refractivity contribution in [3.63, 3.8) is 0 Å². The van der Waals surface area contributed by atoms with Crippen molar-refractivity contribution < 1.29 is 9.53 Å². The van der Waals surface area contributed by atoms with E-state index in [1.807, 2.05) is 0 Å². The molecule has 1 unspecified atom stereocenters. The molecule has 126 valence electrons. The molecule has 1 aromatic carbocycles. The second kappa shape index (κ2) is 6.62. The zero-order valence-electron chi connectivity index (χ0n) is 14.4. The van der Waals surface area contributed by atoms with E-state index in [2.05, 4.69) is 55.7 Å². The first-order valence-electron chi connectivity index (χ1n) is 8.75. The molecule has 0 spiro atoms. The van der Waals surface area contributed by atoms with Crippen molar-refractivity contribution in [1.82, 2.24) is 10.6 Å². The van der Waals surface area contributed by atoms with Crippen LogP contribution in [0.25, 0.3) is 0 Å². The average Bonchev–Trinajstić information content (AvgIpc) is 3.00. The van der Waals surface area contributed by atoms with Gasteiger partial charge in [-0.3, -0.25) is 4.79 Å². The fourth-order valence-electron chi connectivity index (χ4n) is 3.78. The summed E-state index contributed by atoms with van der Waals surface area (Å²) in [5.41, 5.74) is 2.09. The van der Waals surface area contributed by atoms with Gasteiger partial charge in [-0.25, -0.2) is 0 Å². The molecule has 2 heterocycles. The molecule has 0 saturated carbocycles. The zero-order valence-corrected chi connectivity index (χ0v) is 14.4. The molecule has 4 nitrogen and oxygen atoms in total. The van der Waals surface area contributed by atoms with Crippen LogP contribution in [0, 0.1) is 5.41 Å². The average molecular weight is 316 g/mol. The summed E-state index contributed by atoms with van der Waals surface area (Å²) in [5, 5.41) is 6.69. The van der Waals surface area contributed by atoms with Crippen LogP contribution in [-0.2, 0) is 9.53 Å². The molecule has 2 aliphatic heterocycles. The summed E-state index contributed by atoms with van der Waals surface area (Å²) >= 11 is 0. The van der Waals surface area contributed by atoms with E-state index in [9.17, 15) is 4.79 Å². The smallest absolute Gasteiger partial charge is 0.230 e. The molecule has 0 aliphatic carbocycles. The van der Waals surface area contributed by atoms with E-state index in [0.717, 1.165) is 31.6 Å². The summed E-state index contributed by atoms with van der Waals surface area (Å²) in [6.45, 7) is 8.62. The summed E-state index contributed by atoms with van der Waals surface area (Å²) in [7, 11) is 0. The van der Waals surface area contributed by atoms with Gasteiger partial charge in [0.15, 0.2) is 0 Å². The van der Waals surface area contributed by atoms with Crippen molar-refractivity contribution in [2.24, 2.45) is 5.41 Å². The Labute approximate surface area is 139 Å². The maximum atomic E-state index is 12.9. The monoisotopic (exact) mass is 316 g/mol.